The summed E-state index contributed by atoms with van der Waals surface area (Å²) in [5.41, 5.74) is 0.996. The SMILES string of the molecule is CN=C(NCCc1ccc(F)cc1C)NCc1nc(C(F)(F)F)cs1. The van der Waals surface area contributed by atoms with Crippen LogP contribution in [0, 0.1) is 12.7 Å². The van der Waals surface area contributed by atoms with Crippen molar-refractivity contribution in [3.05, 3.63) is 51.2 Å². The van der Waals surface area contributed by atoms with E-state index in [1.54, 1.807) is 13.1 Å². The molecule has 0 amide bonds. The van der Waals surface area contributed by atoms with E-state index >= 15 is 0 Å². The zero-order valence-corrected chi connectivity index (χ0v) is 14.6. The number of aliphatic imine (C=N–C) groups is 1. The van der Waals surface area contributed by atoms with Crippen molar-refractivity contribution in [3.63, 3.8) is 0 Å². The second-order valence-corrected chi connectivity index (χ2v) is 6.24. The molecule has 0 unspecified atom stereocenters. The Hall–Kier alpha value is -2.16. The largest absolute Gasteiger partial charge is 0.434 e. The summed E-state index contributed by atoms with van der Waals surface area (Å²) in [5.74, 6) is 0.192. The third-order valence-corrected chi connectivity index (χ3v) is 4.31. The molecule has 136 valence electrons. The summed E-state index contributed by atoms with van der Waals surface area (Å²) >= 11 is 0.941. The van der Waals surface area contributed by atoms with Crippen molar-refractivity contribution in [1.82, 2.24) is 15.6 Å². The highest BCUT2D eigenvalue weighted by Crippen LogP contribution is 2.29. The van der Waals surface area contributed by atoms with Crippen LogP contribution in [0.3, 0.4) is 0 Å². The minimum Gasteiger partial charge on any atom is -0.356 e. The molecule has 1 aromatic heterocycles. The molecule has 0 aliphatic carbocycles. The van der Waals surface area contributed by atoms with Crippen LogP contribution in [0.4, 0.5) is 17.6 Å². The van der Waals surface area contributed by atoms with Crippen LogP contribution in [0.25, 0.3) is 0 Å². The fourth-order valence-electron chi connectivity index (χ4n) is 2.16. The lowest BCUT2D eigenvalue weighted by Crippen LogP contribution is -2.37. The number of hydrogen-bond donors (Lipinski definition) is 2. The molecule has 0 aliphatic rings. The van der Waals surface area contributed by atoms with Crippen LogP contribution in [0.2, 0.25) is 0 Å². The predicted molar refractivity (Wildman–Crippen MR) is 90.2 cm³/mol. The first-order chi connectivity index (χ1) is 11.8. The quantitative estimate of drug-likeness (QED) is 0.478. The Morgan fingerprint density at radius 2 is 2.04 bits per heavy atom. The highest BCUT2D eigenvalue weighted by Gasteiger charge is 2.33. The molecule has 2 aromatic rings. The monoisotopic (exact) mass is 374 g/mol. The van der Waals surface area contributed by atoms with Crippen LogP contribution in [-0.4, -0.2) is 24.5 Å². The summed E-state index contributed by atoms with van der Waals surface area (Å²) in [5, 5.41) is 7.30. The van der Waals surface area contributed by atoms with Crippen LogP contribution >= 0.6 is 11.3 Å². The van der Waals surface area contributed by atoms with Gasteiger partial charge >= 0.3 is 6.18 Å². The molecule has 1 aromatic carbocycles. The molecule has 0 saturated carbocycles. The maximum atomic E-state index is 13.1. The smallest absolute Gasteiger partial charge is 0.356 e. The first-order valence-corrected chi connectivity index (χ1v) is 8.38. The minimum atomic E-state index is -4.43. The Balaban J connectivity index is 1.82. The molecule has 0 fully saturated rings. The summed E-state index contributed by atoms with van der Waals surface area (Å²) in [6, 6.07) is 4.62. The first kappa shape index (κ1) is 19.2. The van der Waals surface area contributed by atoms with E-state index in [0.29, 0.717) is 23.9 Å². The molecule has 0 bridgehead atoms. The van der Waals surface area contributed by atoms with E-state index < -0.39 is 11.9 Å². The number of nitrogens with zero attached hydrogens (tertiary/aromatic N) is 2. The topological polar surface area (TPSA) is 49.3 Å². The molecule has 0 saturated heterocycles. The van der Waals surface area contributed by atoms with Crippen LogP contribution in [0.5, 0.6) is 0 Å². The van der Waals surface area contributed by atoms with Gasteiger partial charge in [0, 0.05) is 19.0 Å². The van der Waals surface area contributed by atoms with Gasteiger partial charge in [0.2, 0.25) is 0 Å². The maximum Gasteiger partial charge on any atom is 0.434 e. The van der Waals surface area contributed by atoms with Gasteiger partial charge in [-0.25, -0.2) is 9.37 Å². The Morgan fingerprint density at radius 3 is 2.64 bits per heavy atom. The third-order valence-electron chi connectivity index (χ3n) is 3.46. The summed E-state index contributed by atoms with van der Waals surface area (Å²) in [6.45, 7) is 2.54. The van der Waals surface area contributed by atoms with Crippen LogP contribution in [0.15, 0.2) is 28.6 Å². The van der Waals surface area contributed by atoms with E-state index in [-0.39, 0.29) is 12.4 Å². The second kappa shape index (κ2) is 8.28. The van der Waals surface area contributed by atoms with E-state index in [1.165, 1.54) is 12.1 Å². The molecule has 9 heteroatoms. The number of rotatable bonds is 5. The summed E-state index contributed by atoms with van der Waals surface area (Å²) in [7, 11) is 1.57. The minimum absolute atomic E-state index is 0.149. The lowest BCUT2D eigenvalue weighted by molar-refractivity contribution is -0.140. The molecule has 0 atom stereocenters. The molecule has 0 aliphatic heterocycles. The average molecular weight is 374 g/mol. The predicted octanol–water partition coefficient (Wildman–Crippen LogP) is 3.52. The number of thiazole rings is 1. The number of halogens is 4. The van der Waals surface area contributed by atoms with Gasteiger partial charge in [-0.3, -0.25) is 4.99 Å². The molecular weight excluding hydrogens is 356 g/mol. The van der Waals surface area contributed by atoms with E-state index in [0.717, 1.165) is 27.8 Å². The molecule has 0 radical (unpaired) electrons. The Morgan fingerprint density at radius 1 is 1.28 bits per heavy atom. The van der Waals surface area contributed by atoms with Gasteiger partial charge in [-0.15, -0.1) is 11.3 Å². The van der Waals surface area contributed by atoms with Crippen molar-refractivity contribution in [2.75, 3.05) is 13.6 Å². The van der Waals surface area contributed by atoms with Gasteiger partial charge in [0.25, 0.3) is 0 Å². The van der Waals surface area contributed by atoms with Gasteiger partial charge in [0.05, 0.1) is 6.54 Å². The van der Waals surface area contributed by atoms with Crippen LogP contribution < -0.4 is 10.6 Å². The van der Waals surface area contributed by atoms with Gasteiger partial charge < -0.3 is 10.6 Å². The zero-order chi connectivity index (χ0) is 18.4. The summed E-state index contributed by atoms with van der Waals surface area (Å²) in [4.78, 5) is 7.56. The lowest BCUT2D eigenvalue weighted by atomic mass is 10.1. The average Bonchev–Trinajstić information content (AvgIpc) is 3.01. The van der Waals surface area contributed by atoms with Crippen molar-refractivity contribution >= 4 is 17.3 Å². The number of nitrogens with one attached hydrogen (secondary N) is 2. The molecule has 1 heterocycles. The lowest BCUT2D eigenvalue weighted by Gasteiger charge is -2.12. The van der Waals surface area contributed by atoms with E-state index in [9.17, 15) is 17.6 Å². The normalized spacial score (nSPS) is 12.3. The molecular formula is C16H18F4N4S. The van der Waals surface area contributed by atoms with Crippen molar-refractivity contribution in [2.24, 2.45) is 4.99 Å². The first-order valence-electron chi connectivity index (χ1n) is 7.50. The number of hydrogen-bond acceptors (Lipinski definition) is 3. The van der Waals surface area contributed by atoms with Crippen molar-refractivity contribution in [2.45, 2.75) is 26.1 Å². The Bertz CT molecular complexity index is 740. The molecule has 0 spiro atoms. The third kappa shape index (κ3) is 5.70. The Labute approximate surface area is 147 Å². The van der Waals surface area contributed by atoms with Gasteiger partial charge in [-0.05, 0) is 36.6 Å². The van der Waals surface area contributed by atoms with Gasteiger partial charge in [-0.2, -0.15) is 13.2 Å². The maximum absolute atomic E-state index is 13.1. The number of aromatic nitrogens is 1. The summed E-state index contributed by atoms with van der Waals surface area (Å²) in [6.07, 6.45) is -3.76. The molecule has 2 N–H and O–H groups in total. The van der Waals surface area contributed by atoms with Gasteiger partial charge in [-0.1, -0.05) is 6.07 Å². The fraction of sp³-hybridized carbons (Fsp3) is 0.375. The molecule has 4 nitrogen and oxygen atoms in total. The van der Waals surface area contributed by atoms with Crippen molar-refractivity contribution < 1.29 is 17.6 Å². The Kier molecular flexibility index (Phi) is 6.35. The summed E-state index contributed by atoms with van der Waals surface area (Å²) < 4.78 is 50.6. The van der Waals surface area contributed by atoms with Crippen LogP contribution in [0.1, 0.15) is 21.8 Å². The second-order valence-electron chi connectivity index (χ2n) is 5.30. The number of aryl methyl sites for hydroxylation is 1. The van der Waals surface area contributed by atoms with E-state index in [4.69, 9.17) is 0 Å². The van der Waals surface area contributed by atoms with E-state index in [2.05, 4.69) is 20.6 Å². The van der Waals surface area contributed by atoms with Crippen LogP contribution in [-0.2, 0) is 19.1 Å². The van der Waals surface area contributed by atoms with E-state index in [1.807, 2.05) is 6.92 Å². The number of alkyl halides is 3. The van der Waals surface area contributed by atoms with Gasteiger partial charge in [0.15, 0.2) is 11.7 Å². The zero-order valence-electron chi connectivity index (χ0n) is 13.7. The fourth-order valence-corrected chi connectivity index (χ4v) is 2.90. The number of guanidine groups is 1. The number of benzene rings is 1. The standard InChI is InChI=1S/C16H18F4N4S/c1-10-7-12(17)4-3-11(10)5-6-22-15(21-2)23-8-14-24-13(9-25-14)16(18,19)20/h3-4,7,9H,5-6,8H2,1-2H3,(H2,21,22,23). The highest BCUT2D eigenvalue weighted by atomic mass is 32.1. The van der Waals surface area contributed by atoms with Gasteiger partial charge in [0.1, 0.15) is 10.8 Å². The molecule has 25 heavy (non-hydrogen) atoms. The highest BCUT2D eigenvalue weighted by molar-refractivity contribution is 7.09. The van der Waals surface area contributed by atoms with Crippen molar-refractivity contribution in [1.29, 1.82) is 0 Å². The molecule has 2 rings (SSSR count). The van der Waals surface area contributed by atoms with Crippen molar-refractivity contribution in [3.8, 4) is 0 Å².